The van der Waals surface area contributed by atoms with Crippen molar-refractivity contribution in [2.24, 2.45) is 0 Å². The lowest BCUT2D eigenvalue weighted by Crippen LogP contribution is -2.39. The number of hydrogen-bond donors (Lipinski definition) is 1. The highest BCUT2D eigenvalue weighted by Gasteiger charge is 2.13. The van der Waals surface area contributed by atoms with Crippen molar-refractivity contribution in [1.29, 1.82) is 0 Å². The van der Waals surface area contributed by atoms with Gasteiger partial charge in [0.2, 0.25) is 0 Å². The molecular weight excluding hydrogens is 264 g/mol. The van der Waals surface area contributed by atoms with Gasteiger partial charge in [-0.05, 0) is 41.5 Å². The number of nitrogens with two attached hydrogens (primary N) is 1. The Morgan fingerprint density at radius 3 is 2.05 bits per heavy atom. The molecule has 0 atom stereocenters. The maximum Gasteiger partial charge on any atom is 0.125 e. The molecule has 0 radical (unpaired) electrons. The fourth-order valence-electron chi connectivity index (χ4n) is 2.40. The Bertz CT molecular complexity index is 423. The number of nitrogens with zero attached hydrogens (tertiary/aromatic N) is 1. The molecule has 0 spiro atoms. The summed E-state index contributed by atoms with van der Waals surface area (Å²) in [6.45, 7) is 14.3. The molecule has 4 nitrogen and oxygen atoms in total. The van der Waals surface area contributed by atoms with Crippen LogP contribution >= 0.6 is 0 Å². The zero-order valence-electron chi connectivity index (χ0n) is 14.2. The van der Waals surface area contributed by atoms with Gasteiger partial charge in [0.25, 0.3) is 0 Å². The van der Waals surface area contributed by atoms with Crippen molar-refractivity contribution >= 4 is 5.69 Å². The topological polar surface area (TPSA) is 47.7 Å². The number of hydrogen-bond acceptors (Lipinski definition) is 4. The van der Waals surface area contributed by atoms with Crippen LogP contribution in [0.25, 0.3) is 0 Å². The minimum atomic E-state index is 0.122. The molecule has 1 aromatic carbocycles. The number of anilines is 1. The first-order valence-electron chi connectivity index (χ1n) is 7.75. The van der Waals surface area contributed by atoms with Crippen molar-refractivity contribution in [2.75, 3.05) is 18.9 Å². The van der Waals surface area contributed by atoms with Gasteiger partial charge in [-0.1, -0.05) is 0 Å². The summed E-state index contributed by atoms with van der Waals surface area (Å²) in [4.78, 5) is 2.40. The average Bonchev–Trinajstić information content (AvgIpc) is 2.31. The molecule has 0 heterocycles. The monoisotopic (exact) mass is 294 g/mol. The Balaban J connectivity index is 2.60. The van der Waals surface area contributed by atoms with Gasteiger partial charge in [-0.15, -0.1) is 0 Å². The van der Waals surface area contributed by atoms with Gasteiger partial charge in [0.05, 0.1) is 6.10 Å². The normalized spacial score (nSPS) is 11.7. The highest BCUT2D eigenvalue weighted by Crippen LogP contribution is 2.25. The summed E-state index contributed by atoms with van der Waals surface area (Å²) in [5.74, 6) is 1.52. The molecule has 4 heteroatoms. The lowest BCUT2D eigenvalue weighted by atomic mass is 10.2. The molecule has 0 aliphatic carbocycles. The van der Waals surface area contributed by atoms with Crippen LogP contribution < -0.4 is 15.2 Å². The van der Waals surface area contributed by atoms with E-state index in [-0.39, 0.29) is 6.10 Å². The molecular formula is C17H30N2O2. The van der Waals surface area contributed by atoms with E-state index in [9.17, 15) is 0 Å². The minimum absolute atomic E-state index is 0.122. The first-order chi connectivity index (χ1) is 9.79. The van der Waals surface area contributed by atoms with E-state index < -0.39 is 0 Å². The molecule has 0 saturated heterocycles. The van der Waals surface area contributed by atoms with E-state index in [1.807, 2.05) is 32.0 Å². The van der Waals surface area contributed by atoms with Gasteiger partial charge < -0.3 is 15.2 Å². The first kappa shape index (κ1) is 17.6. The second-order valence-corrected chi connectivity index (χ2v) is 6.18. The molecule has 0 saturated carbocycles. The average molecular weight is 294 g/mol. The second kappa shape index (κ2) is 8.13. The zero-order chi connectivity index (χ0) is 16.0. The molecule has 1 rings (SSSR count). The summed E-state index contributed by atoms with van der Waals surface area (Å²) in [7, 11) is 0. The number of ether oxygens (including phenoxy) is 2. The van der Waals surface area contributed by atoms with E-state index in [2.05, 4.69) is 32.6 Å². The summed E-state index contributed by atoms with van der Waals surface area (Å²) in [5, 5.41) is 0. The molecule has 1 aromatic rings. The van der Waals surface area contributed by atoms with Gasteiger partial charge in [0.15, 0.2) is 0 Å². The summed E-state index contributed by atoms with van der Waals surface area (Å²) < 4.78 is 11.5. The van der Waals surface area contributed by atoms with Crippen LogP contribution in [0.15, 0.2) is 18.2 Å². The highest BCUT2D eigenvalue weighted by atomic mass is 16.5. The molecule has 0 aliphatic rings. The molecule has 0 amide bonds. The predicted octanol–water partition coefficient (Wildman–Crippen LogP) is 3.55. The van der Waals surface area contributed by atoms with E-state index in [1.165, 1.54) is 0 Å². The number of benzene rings is 1. The fourth-order valence-corrected chi connectivity index (χ4v) is 2.40. The van der Waals surface area contributed by atoms with Crippen molar-refractivity contribution in [2.45, 2.75) is 59.7 Å². The first-order valence-corrected chi connectivity index (χ1v) is 7.75. The Kier molecular flexibility index (Phi) is 6.82. The van der Waals surface area contributed by atoms with Crippen LogP contribution in [0.3, 0.4) is 0 Å². The summed E-state index contributed by atoms with van der Waals surface area (Å²) in [5.41, 5.74) is 6.55. The van der Waals surface area contributed by atoms with Crippen LogP contribution in [-0.2, 0) is 0 Å². The van der Waals surface area contributed by atoms with Crippen LogP contribution in [0.4, 0.5) is 5.69 Å². The van der Waals surface area contributed by atoms with Crippen molar-refractivity contribution in [3.63, 3.8) is 0 Å². The third kappa shape index (κ3) is 6.25. The minimum Gasteiger partial charge on any atom is -0.492 e. The van der Waals surface area contributed by atoms with Crippen molar-refractivity contribution < 1.29 is 9.47 Å². The molecule has 0 fully saturated rings. The van der Waals surface area contributed by atoms with Gasteiger partial charge in [0.1, 0.15) is 18.1 Å². The molecule has 0 unspecified atom stereocenters. The fraction of sp³-hybridized carbons (Fsp3) is 0.647. The van der Waals surface area contributed by atoms with E-state index >= 15 is 0 Å². The SMILES string of the molecule is CC(C)Oc1cc(N)cc(OCCN(C(C)C)C(C)C)c1. The van der Waals surface area contributed by atoms with Crippen LogP contribution in [-0.4, -0.2) is 36.2 Å². The Labute approximate surface area is 129 Å². The summed E-state index contributed by atoms with van der Waals surface area (Å²) in [6.07, 6.45) is 0.122. The van der Waals surface area contributed by atoms with Gasteiger partial charge in [-0.25, -0.2) is 0 Å². The van der Waals surface area contributed by atoms with Crippen LogP contribution in [0.2, 0.25) is 0 Å². The Morgan fingerprint density at radius 1 is 0.952 bits per heavy atom. The third-order valence-corrected chi connectivity index (χ3v) is 3.22. The van der Waals surface area contributed by atoms with E-state index in [4.69, 9.17) is 15.2 Å². The lowest BCUT2D eigenvalue weighted by Gasteiger charge is -2.30. The number of rotatable bonds is 8. The van der Waals surface area contributed by atoms with Gasteiger partial charge >= 0.3 is 0 Å². The smallest absolute Gasteiger partial charge is 0.125 e. The standard InChI is InChI=1S/C17H30N2O2/c1-12(2)19(13(3)4)7-8-20-16-9-15(18)10-17(11-16)21-14(5)6/h9-14H,7-8,18H2,1-6H3. The summed E-state index contributed by atoms with van der Waals surface area (Å²) in [6, 6.07) is 6.57. The van der Waals surface area contributed by atoms with Gasteiger partial charge in [-0.3, -0.25) is 4.90 Å². The Hall–Kier alpha value is -1.42. The van der Waals surface area contributed by atoms with E-state index in [1.54, 1.807) is 0 Å². The molecule has 0 aliphatic heterocycles. The molecule has 2 N–H and O–H groups in total. The lowest BCUT2D eigenvalue weighted by molar-refractivity contribution is 0.141. The maximum absolute atomic E-state index is 5.89. The number of nitrogen functional groups attached to an aromatic ring is 1. The van der Waals surface area contributed by atoms with E-state index in [0.29, 0.717) is 24.4 Å². The largest absolute Gasteiger partial charge is 0.492 e. The van der Waals surface area contributed by atoms with Crippen molar-refractivity contribution in [1.82, 2.24) is 4.90 Å². The quantitative estimate of drug-likeness (QED) is 0.745. The molecule has 21 heavy (non-hydrogen) atoms. The highest BCUT2D eigenvalue weighted by molar-refractivity contribution is 5.50. The zero-order valence-corrected chi connectivity index (χ0v) is 14.2. The van der Waals surface area contributed by atoms with Gasteiger partial charge in [-0.2, -0.15) is 0 Å². The maximum atomic E-state index is 5.89. The Morgan fingerprint density at radius 2 is 1.52 bits per heavy atom. The van der Waals surface area contributed by atoms with Crippen LogP contribution in [0.1, 0.15) is 41.5 Å². The van der Waals surface area contributed by atoms with Crippen molar-refractivity contribution in [3.8, 4) is 11.5 Å². The van der Waals surface area contributed by atoms with E-state index in [0.717, 1.165) is 18.0 Å². The third-order valence-electron chi connectivity index (χ3n) is 3.22. The predicted molar refractivity (Wildman–Crippen MR) is 89.1 cm³/mol. The second-order valence-electron chi connectivity index (χ2n) is 6.18. The van der Waals surface area contributed by atoms with Gasteiger partial charge in [0, 0.05) is 42.5 Å². The van der Waals surface area contributed by atoms with Crippen LogP contribution in [0, 0.1) is 0 Å². The summed E-state index contributed by atoms with van der Waals surface area (Å²) >= 11 is 0. The van der Waals surface area contributed by atoms with Crippen LogP contribution in [0.5, 0.6) is 11.5 Å². The van der Waals surface area contributed by atoms with Crippen molar-refractivity contribution in [3.05, 3.63) is 18.2 Å². The molecule has 120 valence electrons. The molecule has 0 aromatic heterocycles. The molecule has 0 bridgehead atoms.